The molecule has 4 N–H and O–H groups in total. The molecular weight excluding hydrogens is 257 g/mol. The number of nitrogens with zero attached hydrogens (tertiary/aromatic N) is 1. The van der Waals surface area contributed by atoms with Gasteiger partial charge in [-0.2, -0.15) is 0 Å². The van der Waals surface area contributed by atoms with Gasteiger partial charge in [0.1, 0.15) is 5.82 Å². The molecule has 1 aliphatic rings. The molecule has 1 fully saturated rings. The van der Waals surface area contributed by atoms with Gasteiger partial charge < -0.3 is 16.4 Å². The number of anilines is 1. The first-order valence-corrected chi connectivity index (χ1v) is 7.05. The van der Waals surface area contributed by atoms with Gasteiger partial charge in [-0.15, -0.1) is 0 Å². The van der Waals surface area contributed by atoms with Crippen LogP contribution in [-0.4, -0.2) is 19.0 Å². The highest BCUT2D eigenvalue weighted by Crippen LogP contribution is 2.28. The third-order valence-corrected chi connectivity index (χ3v) is 3.94. The zero-order valence-corrected chi connectivity index (χ0v) is 11.8. The standard InChI is InChI=1S/C15H22FN3O/c1-10(17)12-2-3-14(13(16)9-12)19-6-4-11(5-7-19)8-15(18)20/h2-3,9-11H,4-8,17H2,1H3,(H2,18,20)/t10-/m1/s1. The van der Waals surface area contributed by atoms with E-state index in [1.54, 1.807) is 6.07 Å². The summed E-state index contributed by atoms with van der Waals surface area (Å²) in [5.41, 5.74) is 12.4. The Morgan fingerprint density at radius 3 is 2.60 bits per heavy atom. The Morgan fingerprint density at radius 2 is 2.10 bits per heavy atom. The van der Waals surface area contributed by atoms with Gasteiger partial charge in [0.05, 0.1) is 5.69 Å². The molecule has 0 aliphatic carbocycles. The molecule has 1 aliphatic heterocycles. The molecule has 1 atom stereocenters. The average Bonchev–Trinajstić information content (AvgIpc) is 2.39. The van der Waals surface area contributed by atoms with Crippen molar-refractivity contribution < 1.29 is 9.18 Å². The van der Waals surface area contributed by atoms with Gasteiger partial charge in [0.25, 0.3) is 0 Å². The van der Waals surface area contributed by atoms with Crippen LogP contribution in [0.3, 0.4) is 0 Å². The van der Waals surface area contributed by atoms with E-state index < -0.39 is 0 Å². The van der Waals surface area contributed by atoms with Gasteiger partial charge in [0.2, 0.25) is 5.91 Å². The number of primary amides is 1. The molecule has 0 unspecified atom stereocenters. The first kappa shape index (κ1) is 14.8. The number of piperidine rings is 1. The molecule has 1 amide bonds. The SMILES string of the molecule is C[C@@H](N)c1ccc(N2CCC(CC(N)=O)CC2)c(F)c1. The summed E-state index contributed by atoms with van der Waals surface area (Å²) >= 11 is 0. The highest BCUT2D eigenvalue weighted by molar-refractivity contribution is 5.74. The van der Waals surface area contributed by atoms with Crippen molar-refractivity contribution in [2.24, 2.45) is 17.4 Å². The molecule has 0 radical (unpaired) electrons. The molecule has 20 heavy (non-hydrogen) atoms. The molecule has 0 aromatic heterocycles. The second-order valence-corrected chi connectivity index (χ2v) is 5.60. The largest absolute Gasteiger partial charge is 0.370 e. The normalized spacial score (nSPS) is 18.1. The maximum Gasteiger partial charge on any atom is 0.217 e. The first-order valence-electron chi connectivity index (χ1n) is 7.05. The number of rotatable bonds is 4. The zero-order valence-electron chi connectivity index (χ0n) is 11.8. The minimum Gasteiger partial charge on any atom is -0.370 e. The molecule has 1 aromatic rings. The third-order valence-electron chi connectivity index (χ3n) is 3.94. The topological polar surface area (TPSA) is 72.3 Å². The predicted molar refractivity (Wildman–Crippen MR) is 77.8 cm³/mol. The van der Waals surface area contributed by atoms with E-state index in [9.17, 15) is 9.18 Å². The lowest BCUT2D eigenvalue weighted by Crippen LogP contribution is -2.35. The van der Waals surface area contributed by atoms with Crippen molar-refractivity contribution in [2.45, 2.75) is 32.2 Å². The van der Waals surface area contributed by atoms with Crippen molar-refractivity contribution in [1.29, 1.82) is 0 Å². The van der Waals surface area contributed by atoms with Crippen LogP contribution in [0, 0.1) is 11.7 Å². The zero-order chi connectivity index (χ0) is 14.7. The number of benzene rings is 1. The Balaban J connectivity index is 2.02. The third kappa shape index (κ3) is 3.48. The maximum absolute atomic E-state index is 14.1. The lowest BCUT2D eigenvalue weighted by molar-refractivity contribution is -0.119. The Morgan fingerprint density at radius 1 is 1.45 bits per heavy atom. The van der Waals surface area contributed by atoms with Crippen LogP contribution in [-0.2, 0) is 4.79 Å². The summed E-state index contributed by atoms with van der Waals surface area (Å²) in [6, 6.07) is 5.01. The number of halogens is 1. The molecule has 1 heterocycles. The van der Waals surface area contributed by atoms with Crippen molar-refractivity contribution in [3.8, 4) is 0 Å². The molecule has 2 rings (SSSR count). The van der Waals surface area contributed by atoms with Crippen LogP contribution < -0.4 is 16.4 Å². The fourth-order valence-corrected chi connectivity index (χ4v) is 2.73. The lowest BCUT2D eigenvalue weighted by atomic mass is 9.93. The summed E-state index contributed by atoms with van der Waals surface area (Å²) in [5.74, 6) is -0.154. The highest BCUT2D eigenvalue weighted by atomic mass is 19.1. The monoisotopic (exact) mass is 279 g/mol. The Kier molecular flexibility index (Phi) is 4.60. The van der Waals surface area contributed by atoms with E-state index in [1.165, 1.54) is 6.07 Å². The lowest BCUT2D eigenvalue weighted by Gasteiger charge is -2.33. The van der Waals surface area contributed by atoms with Crippen LogP contribution in [0.1, 0.15) is 37.8 Å². The van der Waals surface area contributed by atoms with Gasteiger partial charge in [0, 0.05) is 25.6 Å². The van der Waals surface area contributed by atoms with Crippen LogP contribution in [0.5, 0.6) is 0 Å². The van der Waals surface area contributed by atoms with Crippen molar-refractivity contribution in [1.82, 2.24) is 0 Å². The molecule has 5 heteroatoms. The first-order chi connectivity index (χ1) is 9.47. The van der Waals surface area contributed by atoms with Crippen LogP contribution in [0.4, 0.5) is 10.1 Å². The summed E-state index contributed by atoms with van der Waals surface area (Å²) in [7, 11) is 0. The summed E-state index contributed by atoms with van der Waals surface area (Å²) in [6.07, 6.45) is 2.18. The van der Waals surface area contributed by atoms with Gasteiger partial charge in [-0.25, -0.2) is 4.39 Å². The van der Waals surface area contributed by atoms with Crippen molar-refractivity contribution in [3.05, 3.63) is 29.6 Å². The van der Waals surface area contributed by atoms with E-state index >= 15 is 0 Å². The van der Waals surface area contributed by atoms with Crippen LogP contribution in [0.25, 0.3) is 0 Å². The van der Waals surface area contributed by atoms with Gasteiger partial charge >= 0.3 is 0 Å². The molecule has 0 bridgehead atoms. The number of hydrogen-bond acceptors (Lipinski definition) is 3. The Bertz CT molecular complexity index is 482. The van der Waals surface area contributed by atoms with Gasteiger partial charge in [0.15, 0.2) is 0 Å². The number of hydrogen-bond donors (Lipinski definition) is 2. The van der Waals surface area contributed by atoms with E-state index in [0.29, 0.717) is 18.0 Å². The number of carbonyl (C=O) groups excluding carboxylic acids is 1. The fraction of sp³-hybridized carbons (Fsp3) is 0.533. The average molecular weight is 279 g/mol. The molecule has 4 nitrogen and oxygen atoms in total. The van der Waals surface area contributed by atoms with Gasteiger partial charge in [-0.1, -0.05) is 6.07 Å². The molecule has 1 saturated heterocycles. The quantitative estimate of drug-likeness (QED) is 0.884. The Labute approximate surface area is 118 Å². The van der Waals surface area contributed by atoms with Crippen molar-refractivity contribution in [2.75, 3.05) is 18.0 Å². The van der Waals surface area contributed by atoms with E-state index in [2.05, 4.69) is 0 Å². The number of nitrogens with two attached hydrogens (primary N) is 2. The Hall–Kier alpha value is -1.62. The second-order valence-electron chi connectivity index (χ2n) is 5.60. The number of carbonyl (C=O) groups is 1. The molecule has 0 spiro atoms. The predicted octanol–water partition coefficient (Wildman–Crippen LogP) is 1.94. The van der Waals surface area contributed by atoms with Crippen LogP contribution >= 0.6 is 0 Å². The second kappa shape index (κ2) is 6.22. The smallest absolute Gasteiger partial charge is 0.217 e. The number of amides is 1. The van der Waals surface area contributed by atoms with Gasteiger partial charge in [-0.3, -0.25) is 4.79 Å². The summed E-state index contributed by atoms with van der Waals surface area (Å²) in [5, 5.41) is 0. The molecule has 1 aromatic carbocycles. The summed E-state index contributed by atoms with van der Waals surface area (Å²) < 4.78 is 14.1. The minimum atomic E-state index is -0.254. The summed E-state index contributed by atoms with van der Waals surface area (Å²) in [4.78, 5) is 12.9. The summed E-state index contributed by atoms with van der Waals surface area (Å²) in [6.45, 7) is 3.35. The van der Waals surface area contributed by atoms with Crippen LogP contribution in [0.15, 0.2) is 18.2 Å². The van der Waals surface area contributed by atoms with Crippen LogP contribution in [0.2, 0.25) is 0 Å². The molecular formula is C15H22FN3O. The van der Waals surface area contributed by atoms with E-state index in [4.69, 9.17) is 11.5 Å². The van der Waals surface area contributed by atoms with Gasteiger partial charge in [-0.05, 0) is 43.4 Å². The highest BCUT2D eigenvalue weighted by Gasteiger charge is 2.22. The van der Waals surface area contributed by atoms with E-state index in [1.807, 2.05) is 17.9 Å². The van der Waals surface area contributed by atoms with Crippen molar-refractivity contribution in [3.63, 3.8) is 0 Å². The van der Waals surface area contributed by atoms with E-state index in [-0.39, 0.29) is 17.8 Å². The van der Waals surface area contributed by atoms with E-state index in [0.717, 1.165) is 31.5 Å². The molecule has 110 valence electrons. The van der Waals surface area contributed by atoms with Crippen molar-refractivity contribution >= 4 is 11.6 Å². The maximum atomic E-state index is 14.1. The fourth-order valence-electron chi connectivity index (χ4n) is 2.73. The minimum absolute atomic E-state index is 0.167. The molecule has 0 saturated carbocycles.